The van der Waals surface area contributed by atoms with Crippen molar-refractivity contribution in [1.29, 1.82) is 0 Å². The van der Waals surface area contributed by atoms with Crippen LogP contribution in [0.5, 0.6) is 0 Å². The van der Waals surface area contributed by atoms with Gasteiger partial charge in [0.15, 0.2) is 17.5 Å². The highest BCUT2D eigenvalue weighted by Gasteiger charge is 2.49. The molecule has 1 fully saturated rings. The quantitative estimate of drug-likeness (QED) is 0.754. The molecule has 0 aromatic heterocycles. The Morgan fingerprint density at radius 3 is 2.47 bits per heavy atom. The number of carbonyl (C=O) groups is 1. The molecular formula is C14H14F3NO. The number of likely N-dealkylation sites (tertiary alicyclic amines) is 1. The zero-order valence-electron chi connectivity index (χ0n) is 10.7. The standard InChI is InChI=1S/C14H14F3NO/c1-8(15)13(19)18-7-14(2,3)12(18)9-4-5-10(16)11(17)6-9/h4-6,12H,1,7H2,2-3H3. The molecule has 0 bridgehead atoms. The van der Waals surface area contributed by atoms with Crippen molar-refractivity contribution in [2.45, 2.75) is 19.9 Å². The van der Waals surface area contributed by atoms with Gasteiger partial charge in [-0.25, -0.2) is 13.2 Å². The molecule has 0 aliphatic carbocycles. The third-order valence-electron chi connectivity index (χ3n) is 3.38. The first-order valence-electron chi connectivity index (χ1n) is 5.84. The van der Waals surface area contributed by atoms with Gasteiger partial charge in [-0.3, -0.25) is 4.79 Å². The summed E-state index contributed by atoms with van der Waals surface area (Å²) in [5.41, 5.74) is 0.125. The Morgan fingerprint density at radius 1 is 1.37 bits per heavy atom. The molecule has 1 aromatic carbocycles. The Kier molecular flexibility index (Phi) is 3.16. The lowest BCUT2D eigenvalue weighted by Gasteiger charge is -2.54. The summed E-state index contributed by atoms with van der Waals surface area (Å²) in [5, 5.41) is 0. The molecule has 5 heteroatoms. The summed E-state index contributed by atoms with van der Waals surface area (Å²) in [6.07, 6.45) is 0. The van der Waals surface area contributed by atoms with Gasteiger partial charge in [0.1, 0.15) is 0 Å². The molecule has 2 rings (SSSR count). The number of halogens is 3. The van der Waals surface area contributed by atoms with E-state index in [4.69, 9.17) is 0 Å². The van der Waals surface area contributed by atoms with Gasteiger partial charge >= 0.3 is 0 Å². The summed E-state index contributed by atoms with van der Waals surface area (Å²) >= 11 is 0. The lowest BCUT2D eigenvalue weighted by atomic mass is 9.71. The molecule has 2 nitrogen and oxygen atoms in total. The lowest BCUT2D eigenvalue weighted by molar-refractivity contribution is -0.149. The van der Waals surface area contributed by atoms with E-state index in [0.29, 0.717) is 12.1 Å². The minimum absolute atomic E-state index is 0.324. The Balaban J connectivity index is 2.36. The van der Waals surface area contributed by atoms with Crippen molar-refractivity contribution in [3.8, 4) is 0 Å². The number of amides is 1. The number of hydrogen-bond acceptors (Lipinski definition) is 1. The number of rotatable bonds is 2. The largest absolute Gasteiger partial charge is 0.328 e. The molecule has 0 saturated carbocycles. The second-order valence-electron chi connectivity index (χ2n) is 5.40. The fourth-order valence-corrected chi connectivity index (χ4v) is 2.58. The van der Waals surface area contributed by atoms with E-state index >= 15 is 0 Å². The van der Waals surface area contributed by atoms with E-state index in [9.17, 15) is 18.0 Å². The van der Waals surface area contributed by atoms with Crippen LogP contribution in [0.15, 0.2) is 30.6 Å². The van der Waals surface area contributed by atoms with Crippen LogP contribution in [0.3, 0.4) is 0 Å². The molecule has 1 aliphatic heterocycles. The summed E-state index contributed by atoms with van der Waals surface area (Å²) in [4.78, 5) is 12.9. The SMILES string of the molecule is C=C(F)C(=O)N1CC(C)(C)C1c1ccc(F)c(F)c1. The van der Waals surface area contributed by atoms with Crippen LogP contribution in [0.4, 0.5) is 13.2 Å². The Labute approximate surface area is 109 Å². The molecule has 1 aliphatic rings. The molecule has 1 atom stereocenters. The van der Waals surface area contributed by atoms with Crippen molar-refractivity contribution < 1.29 is 18.0 Å². The summed E-state index contributed by atoms with van der Waals surface area (Å²) < 4.78 is 39.1. The number of nitrogens with zero attached hydrogens (tertiary/aromatic N) is 1. The summed E-state index contributed by atoms with van der Waals surface area (Å²) in [6.45, 7) is 7.08. The van der Waals surface area contributed by atoms with Crippen molar-refractivity contribution in [1.82, 2.24) is 4.90 Å². The smallest absolute Gasteiger partial charge is 0.282 e. The van der Waals surface area contributed by atoms with Gasteiger partial charge in [-0.05, 0) is 17.7 Å². The summed E-state index contributed by atoms with van der Waals surface area (Å²) in [7, 11) is 0. The maximum Gasteiger partial charge on any atom is 0.282 e. The third kappa shape index (κ3) is 2.25. The molecule has 0 N–H and O–H groups in total. The van der Waals surface area contributed by atoms with Gasteiger partial charge in [0.25, 0.3) is 5.91 Å². The van der Waals surface area contributed by atoms with Crippen LogP contribution in [0, 0.1) is 17.0 Å². The van der Waals surface area contributed by atoms with Gasteiger partial charge in [0.05, 0.1) is 6.04 Å². The van der Waals surface area contributed by atoms with Gasteiger partial charge in [-0.1, -0.05) is 26.5 Å². The van der Waals surface area contributed by atoms with Crippen LogP contribution in [0.2, 0.25) is 0 Å². The minimum atomic E-state index is -1.05. The monoisotopic (exact) mass is 269 g/mol. The average Bonchev–Trinajstić information content (AvgIpc) is 2.30. The Hall–Kier alpha value is -1.78. The van der Waals surface area contributed by atoms with Crippen molar-refractivity contribution in [3.05, 3.63) is 47.8 Å². The normalized spacial score (nSPS) is 20.9. The van der Waals surface area contributed by atoms with E-state index < -0.39 is 29.4 Å². The van der Waals surface area contributed by atoms with E-state index in [0.717, 1.165) is 12.1 Å². The van der Waals surface area contributed by atoms with Gasteiger partial charge in [0, 0.05) is 12.0 Å². The van der Waals surface area contributed by atoms with Gasteiger partial charge in [-0.2, -0.15) is 0 Å². The first-order chi connectivity index (χ1) is 8.74. The minimum Gasteiger partial charge on any atom is -0.328 e. The topological polar surface area (TPSA) is 20.3 Å². The Bertz CT molecular complexity index is 554. The van der Waals surface area contributed by atoms with Crippen LogP contribution in [-0.2, 0) is 4.79 Å². The van der Waals surface area contributed by atoms with Gasteiger partial charge in [-0.15, -0.1) is 0 Å². The molecule has 1 aromatic rings. The van der Waals surface area contributed by atoms with E-state index in [1.165, 1.54) is 11.0 Å². The van der Waals surface area contributed by atoms with Gasteiger partial charge < -0.3 is 4.90 Å². The molecule has 0 radical (unpaired) electrons. The molecule has 1 amide bonds. The fraction of sp³-hybridized carbons (Fsp3) is 0.357. The molecular weight excluding hydrogens is 255 g/mol. The highest BCUT2D eigenvalue weighted by molar-refractivity contribution is 5.91. The lowest BCUT2D eigenvalue weighted by Crippen LogP contribution is -2.57. The first-order valence-corrected chi connectivity index (χ1v) is 5.84. The van der Waals surface area contributed by atoms with E-state index in [-0.39, 0.29) is 5.41 Å². The third-order valence-corrected chi connectivity index (χ3v) is 3.38. The molecule has 102 valence electrons. The van der Waals surface area contributed by atoms with Crippen LogP contribution < -0.4 is 0 Å². The number of benzene rings is 1. The highest BCUT2D eigenvalue weighted by atomic mass is 19.2. The van der Waals surface area contributed by atoms with Crippen LogP contribution in [-0.4, -0.2) is 17.4 Å². The van der Waals surface area contributed by atoms with Gasteiger partial charge in [0.2, 0.25) is 0 Å². The summed E-state index contributed by atoms with van der Waals surface area (Å²) in [5.74, 6) is -3.79. The van der Waals surface area contributed by atoms with E-state index in [2.05, 4.69) is 6.58 Å². The maximum atomic E-state index is 13.3. The number of carbonyl (C=O) groups excluding carboxylic acids is 1. The van der Waals surface area contributed by atoms with Crippen molar-refractivity contribution in [2.75, 3.05) is 6.54 Å². The molecule has 19 heavy (non-hydrogen) atoms. The second-order valence-corrected chi connectivity index (χ2v) is 5.40. The van der Waals surface area contributed by atoms with Crippen molar-refractivity contribution >= 4 is 5.91 Å². The van der Waals surface area contributed by atoms with Crippen LogP contribution in [0.25, 0.3) is 0 Å². The van der Waals surface area contributed by atoms with Crippen molar-refractivity contribution in [2.24, 2.45) is 5.41 Å². The molecule has 1 saturated heterocycles. The molecule has 0 spiro atoms. The second kappa shape index (κ2) is 4.40. The summed E-state index contributed by atoms with van der Waals surface area (Å²) in [6, 6.07) is 2.97. The van der Waals surface area contributed by atoms with E-state index in [1.807, 2.05) is 13.8 Å². The fourth-order valence-electron chi connectivity index (χ4n) is 2.58. The van der Waals surface area contributed by atoms with Crippen LogP contribution in [0.1, 0.15) is 25.5 Å². The Morgan fingerprint density at radius 2 is 2.00 bits per heavy atom. The van der Waals surface area contributed by atoms with E-state index in [1.54, 1.807) is 0 Å². The predicted octanol–water partition coefficient (Wildman–Crippen LogP) is 3.36. The predicted molar refractivity (Wildman–Crippen MR) is 64.8 cm³/mol. The van der Waals surface area contributed by atoms with Crippen LogP contribution >= 0.6 is 0 Å². The first kappa shape index (κ1) is 13.6. The zero-order chi connectivity index (χ0) is 14.4. The average molecular weight is 269 g/mol. The molecule has 1 heterocycles. The molecule has 1 unspecified atom stereocenters. The highest BCUT2D eigenvalue weighted by Crippen LogP contribution is 2.48. The zero-order valence-corrected chi connectivity index (χ0v) is 10.7. The number of hydrogen-bond donors (Lipinski definition) is 0. The van der Waals surface area contributed by atoms with Crippen molar-refractivity contribution in [3.63, 3.8) is 0 Å². The maximum absolute atomic E-state index is 13.3.